The number of halogens is 2. The van der Waals surface area contributed by atoms with Crippen LogP contribution in [0.4, 0.5) is 15.9 Å². The Bertz CT molecular complexity index is 1030. The van der Waals surface area contributed by atoms with Gasteiger partial charge < -0.3 is 5.32 Å². The van der Waals surface area contributed by atoms with Gasteiger partial charge in [0.15, 0.2) is 5.82 Å². The van der Waals surface area contributed by atoms with E-state index in [1.807, 2.05) is 0 Å². The Labute approximate surface area is 163 Å². The van der Waals surface area contributed by atoms with Crippen molar-refractivity contribution >= 4 is 29.0 Å². The minimum Gasteiger partial charge on any atom is -0.308 e. The van der Waals surface area contributed by atoms with Gasteiger partial charge in [-0.25, -0.2) is 4.39 Å². The molecular formula is C17H16ClFN6O3. The highest BCUT2D eigenvalue weighted by atomic mass is 35.5. The van der Waals surface area contributed by atoms with Crippen LogP contribution < -0.4 is 5.32 Å². The van der Waals surface area contributed by atoms with Gasteiger partial charge in [-0.1, -0.05) is 23.7 Å². The molecule has 0 fully saturated rings. The molecule has 0 saturated heterocycles. The Morgan fingerprint density at radius 3 is 2.79 bits per heavy atom. The van der Waals surface area contributed by atoms with Crippen molar-refractivity contribution in [3.8, 4) is 0 Å². The molecule has 2 heterocycles. The average molecular weight is 407 g/mol. The molecule has 0 aliphatic rings. The van der Waals surface area contributed by atoms with Crippen molar-refractivity contribution in [2.24, 2.45) is 0 Å². The molecule has 1 N–H and O–H groups in total. The largest absolute Gasteiger partial charge is 0.309 e. The highest BCUT2D eigenvalue weighted by Gasteiger charge is 2.16. The summed E-state index contributed by atoms with van der Waals surface area (Å²) in [5, 5.41) is 21.9. The number of carbonyl (C=O) groups excluding carboxylic acids is 1. The molecule has 9 nitrogen and oxygen atoms in total. The van der Waals surface area contributed by atoms with Crippen molar-refractivity contribution in [2.75, 3.05) is 5.32 Å². The molecule has 0 aliphatic carbocycles. The van der Waals surface area contributed by atoms with Crippen molar-refractivity contribution in [1.29, 1.82) is 0 Å². The second kappa shape index (κ2) is 8.17. The van der Waals surface area contributed by atoms with Crippen molar-refractivity contribution in [3.05, 3.63) is 68.9 Å². The number of rotatable bonds is 7. The van der Waals surface area contributed by atoms with E-state index in [-0.39, 0.29) is 46.9 Å². The van der Waals surface area contributed by atoms with E-state index in [2.05, 4.69) is 15.5 Å². The maximum absolute atomic E-state index is 13.3. The minimum absolute atomic E-state index is 0.0331. The Morgan fingerprint density at radius 1 is 1.32 bits per heavy atom. The number of aryl methyl sites for hydroxylation is 2. The second-order valence-electron chi connectivity index (χ2n) is 6.07. The van der Waals surface area contributed by atoms with E-state index in [0.717, 1.165) is 0 Å². The number of aromatic nitrogens is 4. The molecule has 1 aromatic carbocycles. The minimum atomic E-state index is -0.524. The number of hydrogen-bond acceptors (Lipinski definition) is 5. The standard InChI is InChI=1S/C17H16ClFN6O3/c1-11-15(25(27)28)10-23(21-11)6-5-16(26)20-17-14(18)9-24(22-17)8-12-3-2-4-13(19)7-12/h2-4,7,9-10H,5-6,8H2,1H3,(H,20,22,26). The summed E-state index contributed by atoms with van der Waals surface area (Å²) in [5.74, 6) is -0.530. The average Bonchev–Trinajstić information content (AvgIpc) is 3.15. The summed E-state index contributed by atoms with van der Waals surface area (Å²) in [7, 11) is 0. The molecule has 146 valence electrons. The van der Waals surface area contributed by atoms with Crippen LogP contribution >= 0.6 is 11.6 Å². The summed E-state index contributed by atoms with van der Waals surface area (Å²) in [6.45, 7) is 1.99. The summed E-state index contributed by atoms with van der Waals surface area (Å²) in [6.07, 6.45) is 2.84. The van der Waals surface area contributed by atoms with Gasteiger partial charge in [-0.05, 0) is 24.6 Å². The number of anilines is 1. The van der Waals surface area contributed by atoms with Crippen molar-refractivity contribution in [2.45, 2.75) is 26.4 Å². The number of nitro groups is 1. The zero-order valence-electron chi connectivity index (χ0n) is 14.8. The first-order valence-electron chi connectivity index (χ1n) is 8.27. The predicted octanol–water partition coefficient (Wildman–Crippen LogP) is 3.17. The zero-order chi connectivity index (χ0) is 20.3. The van der Waals surface area contributed by atoms with Gasteiger partial charge in [0.05, 0.1) is 11.5 Å². The third-order valence-electron chi connectivity index (χ3n) is 3.89. The van der Waals surface area contributed by atoms with E-state index >= 15 is 0 Å². The van der Waals surface area contributed by atoms with E-state index < -0.39 is 4.92 Å². The number of amides is 1. The molecule has 0 spiro atoms. The van der Waals surface area contributed by atoms with Crippen LogP contribution in [0.5, 0.6) is 0 Å². The molecule has 0 bridgehead atoms. The van der Waals surface area contributed by atoms with Gasteiger partial charge in [0.25, 0.3) is 0 Å². The van der Waals surface area contributed by atoms with Crippen molar-refractivity contribution in [3.63, 3.8) is 0 Å². The lowest BCUT2D eigenvalue weighted by molar-refractivity contribution is -0.385. The Balaban J connectivity index is 1.59. The quantitative estimate of drug-likeness (QED) is 0.479. The van der Waals surface area contributed by atoms with Crippen LogP contribution in [0.15, 0.2) is 36.7 Å². The fourth-order valence-electron chi connectivity index (χ4n) is 2.60. The van der Waals surface area contributed by atoms with E-state index in [1.165, 1.54) is 40.8 Å². The Morgan fingerprint density at radius 2 is 2.11 bits per heavy atom. The molecule has 1 amide bonds. The highest BCUT2D eigenvalue weighted by Crippen LogP contribution is 2.21. The van der Waals surface area contributed by atoms with Crippen molar-refractivity contribution < 1.29 is 14.1 Å². The Hall–Kier alpha value is -3.27. The number of nitrogens with one attached hydrogen (secondary N) is 1. The van der Waals surface area contributed by atoms with Gasteiger partial charge in [0, 0.05) is 19.2 Å². The zero-order valence-corrected chi connectivity index (χ0v) is 15.6. The molecule has 0 radical (unpaired) electrons. The lowest BCUT2D eigenvalue weighted by Crippen LogP contribution is -2.15. The molecule has 11 heteroatoms. The number of hydrogen-bond donors (Lipinski definition) is 1. The smallest absolute Gasteiger partial charge is 0.308 e. The SMILES string of the molecule is Cc1nn(CCC(=O)Nc2nn(Cc3cccc(F)c3)cc2Cl)cc1[N+](=O)[O-]. The maximum Gasteiger partial charge on any atom is 0.309 e. The third kappa shape index (κ3) is 4.71. The summed E-state index contributed by atoms with van der Waals surface area (Å²) in [4.78, 5) is 22.4. The van der Waals surface area contributed by atoms with Crippen LogP contribution in [0, 0.1) is 22.9 Å². The van der Waals surface area contributed by atoms with Crippen LogP contribution in [-0.4, -0.2) is 30.4 Å². The van der Waals surface area contributed by atoms with E-state index in [1.54, 1.807) is 12.1 Å². The lowest BCUT2D eigenvalue weighted by atomic mass is 10.2. The fourth-order valence-corrected chi connectivity index (χ4v) is 2.79. The van der Waals surface area contributed by atoms with Gasteiger partial charge >= 0.3 is 5.69 Å². The summed E-state index contributed by atoms with van der Waals surface area (Å²) in [6, 6.07) is 6.09. The second-order valence-corrected chi connectivity index (χ2v) is 6.48. The summed E-state index contributed by atoms with van der Waals surface area (Å²) >= 11 is 6.10. The fraction of sp³-hybridized carbons (Fsp3) is 0.235. The van der Waals surface area contributed by atoms with Gasteiger partial charge in [0.1, 0.15) is 22.7 Å². The van der Waals surface area contributed by atoms with Gasteiger partial charge in [0.2, 0.25) is 5.91 Å². The first kappa shape index (κ1) is 19.5. The number of nitrogens with zero attached hydrogens (tertiary/aromatic N) is 5. The summed E-state index contributed by atoms with van der Waals surface area (Å²) < 4.78 is 16.1. The lowest BCUT2D eigenvalue weighted by Gasteiger charge is -2.04. The van der Waals surface area contributed by atoms with Crippen LogP contribution in [0.25, 0.3) is 0 Å². The van der Waals surface area contributed by atoms with Crippen LogP contribution in [0.1, 0.15) is 17.7 Å². The van der Waals surface area contributed by atoms with Crippen molar-refractivity contribution in [1.82, 2.24) is 19.6 Å². The topological polar surface area (TPSA) is 108 Å². The molecular weight excluding hydrogens is 391 g/mol. The van der Waals surface area contributed by atoms with Gasteiger partial charge in [-0.15, -0.1) is 0 Å². The normalized spacial score (nSPS) is 10.8. The van der Waals surface area contributed by atoms with Crippen LogP contribution in [-0.2, 0) is 17.9 Å². The predicted molar refractivity (Wildman–Crippen MR) is 99.6 cm³/mol. The van der Waals surface area contributed by atoms with Crippen LogP contribution in [0.3, 0.4) is 0 Å². The number of benzene rings is 1. The summed E-state index contributed by atoms with van der Waals surface area (Å²) in [5.41, 5.74) is 0.886. The molecule has 28 heavy (non-hydrogen) atoms. The Kier molecular flexibility index (Phi) is 5.69. The molecule has 2 aromatic heterocycles. The molecule has 0 saturated carbocycles. The van der Waals surface area contributed by atoms with E-state index in [0.29, 0.717) is 12.1 Å². The van der Waals surface area contributed by atoms with Crippen LogP contribution in [0.2, 0.25) is 5.02 Å². The molecule has 0 unspecified atom stereocenters. The first-order chi connectivity index (χ1) is 13.3. The van der Waals surface area contributed by atoms with Gasteiger partial charge in [-0.2, -0.15) is 10.2 Å². The van der Waals surface area contributed by atoms with E-state index in [4.69, 9.17) is 11.6 Å². The molecule has 3 rings (SSSR count). The molecule has 0 aliphatic heterocycles. The monoisotopic (exact) mass is 406 g/mol. The maximum atomic E-state index is 13.3. The highest BCUT2D eigenvalue weighted by molar-refractivity contribution is 6.33. The van der Waals surface area contributed by atoms with E-state index in [9.17, 15) is 19.3 Å². The van der Waals surface area contributed by atoms with Gasteiger partial charge in [-0.3, -0.25) is 24.3 Å². The third-order valence-corrected chi connectivity index (χ3v) is 4.17. The molecule has 0 atom stereocenters. The number of carbonyl (C=O) groups is 1. The molecule has 3 aromatic rings. The first-order valence-corrected chi connectivity index (χ1v) is 8.65.